The minimum atomic E-state index is -2.30. The molecule has 0 amide bonds. The summed E-state index contributed by atoms with van der Waals surface area (Å²) in [7, 11) is 0. The Labute approximate surface area is 61.2 Å². The van der Waals surface area contributed by atoms with Crippen molar-refractivity contribution in [2.75, 3.05) is 0 Å². The van der Waals surface area contributed by atoms with E-state index in [9.17, 15) is 4.79 Å². The molecule has 0 aliphatic carbocycles. The van der Waals surface area contributed by atoms with Gasteiger partial charge < -0.3 is 5.11 Å². The minimum absolute atomic E-state index is 0.349. The molecule has 7 N–H and O–H groups in total. The van der Waals surface area contributed by atoms with Gasteiger partial charge in [0.05, 0.1) is 0 Å². The third-order valence-electron chi connectivity index (χ3n) is 0.123. The molecule has 0 aliphatic heterocycles. The summed E-state index contributed by atoms with van der Waals surface area (Å²) < 4.78 is 14.4. The molecular formula is C3H11CuN3O3. The Morgan fingerprint density at radius 1 is 1.50 bits per heavy atom. The number of hydrogen-bond donors (Lipinski definition) is 4. The molecule has 0 radical (unpaired) electrons. The summed E-state index contributed by atoms with van der Waals surface area (Å²) in [5.41, 5.74) is 0. The van der Waals surface area contributed by atoms with Gasteiger partial charge in [-0.25, -0.2) is 0 Å². The summed E-state index contributed by atoms with van der Waals surface area (Å²) in [6.07, 6.45) is 0. The first-order valence-electron chi connectivity index (χ1n) is 1.86. The first-order chi connectivity index (χ1) is 4.29. The predicted octanol–water partition coefficient (Wildman–Crippen LogP) is -1.96. The van der Waals surface area contributed by atoms with Gasteiger partial charge in [-0.1, -0.05) is 0 Å². The quantitative estimate of drug-likeness (QED) is 0.287. The van der Waals surface area contributed by atoms with E-state index in [4.69, 9.17) is 24.2 Å². The number of hydrogen-bond acceptors (Lipinski definition) is 5. The van der Waals surface area contributed by atoms with E-state index in [1.807, 2.05) is 0 Å². The number of carboxylic acids is 1. The molecule has 0 spiro atoms. The van der Waals surface area contributed by atoms with E-state index in [1.165, 1.54) is 0 Å². The molecule has 0 fully saturated rings. The second-order valence-corrected chi connectivity index (χ2v) is 3.30. The average molecular weight is 201 g/mol. The van der Waals surface area contributed by atoms with Crippen molar-refractivity contribution in [2.24, 2.45) is 14.3 Å². The van der Waals surface area contributed by atoms with Gasteiger partial charge in [0.15, 0.2) is 0 Å². The third kappa shape index (κ3) is 50.0. The van der Waals surface area contributed by atoms with Crippen molar-refractivity contribution >= 4 is 11.2 Å². The Balaban J connectivity index is 0. The number of rotatable bonds is 1. The molecule has 67 valence electrons. The van der Waals surface area contributed by atoms with Gasteiger partial charge in [0.2, 0.25) is 0 Å². The van der Waals surface area contributed by atoms with Crippen molar-refractivity contribution in [2.45, 2.75) is 6.92 Å². The number of aliphatic carboxylic acids is 1. The molecule has 10 heavy (non-hydrogen) atoms. The molecule has 0 aromatic carbocycles. The fourth-order valence-corrected chi connectivity index (χ4v) is 0. The summed E-state index contributed by atoms with van der Waals surface area (Å²) in [5, 5.41) is 7.77. The molecule has 0 heterocycles. The van der Waals surface area contributed by atoms with Crippen molar-refractivity contribution in [1.29, 1.82) is 0 Å². The molecule has 7 heteroatoms. The second-order valence-electron chi connectivity index (χ2n) is 1.19. The topological polar surface area (TPSA) is 132 Å². The Kier molecular flexibility index (Phi) is 6.53. The maximum atomic E-state index is 9.49. The molecule has 0 aliphatic rings. The van der Waals surface area contributed by atoms with E-state index in [-0.39, 0.29) is 0 Å². The molecule has 0 saturated carbocycles. The standard InChI is InChI=1S/C2H4O2.CHO.Cu.3H2N/c1-2(3)4;1-2;;;;/h1H3,(H,3,4);1H;;3*1H2/q;;+3;3*-1. The fraction of sp³-hybridized carbons (Fsp3) is 0.333. The van der Waals surface area contributed by atoms with E-state index in [2.05, 4.69) is 0 Å². The Morgan fingerprint density at radius 2 is 1.60 bits per heavy atom. The number of carbonyl (C=O) groups excluding carboxylic acids is 1. The van der Waals surface area contributed by atoms with Gasteiger partial charge in [-0.15, -0.1) is 0 Å². The van der Waals surface area contributed by atoms with Gasteiger partial charge in [0.1, 0.15) is 0 Å². The van der Waals surface area contributed by atoms with Crippen LogP contribution in [0.25, 0.3) is 0 Å². The molecule has 6 nitrogen and oxygen atoms in total. The normalized spacial score (nSPS) is 10.8. The zero-order chi connectivity index (χ0) is 8.78. The van der Waals surface area contributed by atoms with Crippen molar-refractivity contribution in [1.82, 2.24) is 0 Å². The first kappa shape index (κ1) is 12.2. The van der Waals surface area contributed by atoms with Gasteiger partial charge in [-0.3, -0.25) is 4.79 Å². The average Bonchev–Trinajstić information content (AvgIpc) is 1.63. The fourth-order valence-electron chi connectivity index (χ4n) is 0. The third-order valence-corrected chi connectivity index (χ3v) is 0.508. The van der Waals surface area contributed by atoms with Crippen LogP contribution in [0.4, 0.5) is 0 Å². The van der Waals surface area contributed by atoms with Crippen LogP contribution in [0, 0.1) is 0 Å². The van der Waals surface area contributed by atoms with Crippen LogP contribution in [0.15, 0.2) is 0 Å². The van der Waals surface area contributed by atoms with E-state index in [1.54, 1.807) is 0 Å². The van der Waals surface area contributed by atoms with Crippen LogP contribution in [0.1, 0.15) is 6.92 Å². The van der Waals surface area contributed by atoms with E-state index in [0.717, 1.165) is 6.92 Å². The molecule has 0 bridgehead atoms. The van der Waals surface area contributed by atoms with Gasteiger partial charge in [-0.2, -0.15) is 0 Å². The van der Waals surface area contributed by atoms with Crippen molar-refractivity contribution in [3.63, 3.8) is 0 Å². The maximum absolute atomic E-state index is 9.49. The predicted molar refractivity (Wildman–Crippen MR) is 32.6 cm³/mol. The van der Waals surface area contributed by atoms with Crippen LogP contribution in [-0.4, -0.2) is 16.3 Å². The summed E-state index contributed by atoms with van der Waals surface area (Å²) in [4.78, 5) is 18.5. The molecule has 0 aromatic heterocycles. The second kappa shape index (κ2) is 5.33. The number of nitrogens with two attached hydrogens (primary N) is 3. The van der Waals surface area contributed by atoms with Gasteiger partial charge >= 0.3 is 37.7 Å². The van der Waals surface area contributed by atoms with Crippen molar-refractivity contribution in [3.05, 3.63) is 0 Å². The SMILES string of the molecule is CC(=O)O.[NH2][Cu]([NH2])([NH2])[CH]=O. The summed E-state index contributed by atoms with van der Waals surface area (Å²) in [6.45, 7) is 1.08. The van der Waals surface area contributed by atoms with E-state index < -0.39 is 19.5 Å². The zero-order valence-electron chi connectivity index (χ0n) is 5.37. The Bertz CT molecular complexity index is 117. The zero-order valence-corrected chi connectivity index (χ0v) is 6.32. The number of carbonyl (C=O) groups is 2. The van der Waals surface area contributed by atoms with E-state index in [0.29, 0.717) is 5.18 Å². The van der Waals surface area contributed by atoms with E-state index >= 15 is 0 Å². The molecule has 0 rings (SSSR count). The van der Waals surface area contributed by atoms with Crippen LogP contribution in [0.3, 0.4) is 0 Å². The van der Waals surface area contributed by atoms with Crippen molar-refractivity contribution in [3.8, 4) is 0 Å². The molecular weight excluding hydrogens is 190 g/mol. The van der Waals surface area contributed by atoms with Gasteiger partial charge in [0, 0.05) is 6.92 Å². The van der Waals surface area contributed by atoms with Crippen molar-refractivity contribution < 1.29 is 28.2 Å². The number of carboxylic acid groups (broad SMARTS) is 1. The Hall–Kier alpha value is -0.461. The van der Waals surface area contributed by atoms with Gasteiger partial charge in [-0.05, 0) is 0 Å². The molecule has 0 saturated heterocycles. The summed E-state index contributed by atoms with van der Waals surface area (Å²) >= 11 is -2.30. The van der Waals surface area contributed by atoms with Crippen LogP contribution in [0.2, 0.25) is 0 Å². The summed E-state index contributed by atoms with van der Waals surface area (Å²) in [6, 6.07) is 0. The molecule has 0 aromatic rings. The van der Waals surface area contributed by atoms with Crippen LogP contribution in [0.5, 0.6) is 0 Å². The summed E-state index contributed by atoms with van der Waals surface area (Å²) in [5.74, 6) is -0.833. The molecule has 0 unspecified atom stereocenters. The Morgan fingerprint density at radius 3 is 1.60 bits per heavy atom. The first-order valence-corrected chi connectivity index (χ1v) is 4.03. The monoisotopic (exact) mass is 200 g/mol. The van der Waals surface area contributed by atoms with Gasteiger partial charge in [0.25, 0.3) is 5.97 Å². The van der Waals surface area contributed by atoms with Crippen LogP contribution >= 0.6 is 0 Å². The molecule has 0 atom stereocenters. The van der Waals surface area contributed by atoms with Crippen LogP contribution in [-0.2, 0) is 23.1 Å². The van der Waals surface area contributed by atoms with Crippen LogP contribution < -0.4 is 14.3 Å².